The molecule has 82 valence electrons. The fourth-order valence-electron chi connectivity index (χ4n) is 1.87. The SMILES string of the molecule is CCC1(C)CCN(C(=O)C(C)Br)CC1. The average molecular weight is 262 g/mol. The van der Waals surface area contributed by atoms with Crippen molar-refractivity contribution in [3.05, 3.63) is 0 Å². The van der Waals surface area contributed by atoms with Crippen molar-refractivity contribution in [2.24, 2.45) is 5.41 Å². The van der Waals surface area contributed by atoms with E-state index in [0.717, 1.165) is 25.9 Å². The van der Waals surface area contributed by atoms with Crippen LogP contribution in [0.4, 0.5) is 0 Å². The van der Waals surface area contributed by atoms with Gasteiger partial charge in [0.05, 0.1) is 4.83 Å². The zero-order valence-corrected chi connectivity index (χ0v) is 10.9. The minimum absolute atomic E-state index is 0.0338. The minimum Gasteiger partial charge on any atom is -0.342 e. The molecule has 0 bridgehead atoms. The van der Waals surface area contributed by atoms with Gasteiger partial charge in [0.1, 0.15) is 0 Å². The Kier molecular flexibility index (Phi) is 3.99. The first-order valence-corrected chi connectivity index (χ1v) is 6.33. The van der Waals surface area contributed by atoms with E-state index in [1.165, 1.54) is 6.42 Å². The molecule has 1 saturated heterocycles. The molecular weight excluding hydrogens is 242 g/mol. The van der Waals surface area contributed by atoms with Crippen LogP contribution in [0.1, 0.15) is 40.0 Å². The number of hydrogen-bond donors (Lipinski definition) is 0. The maximum absolute atomic E-state index is 11.7. The monoisotopic (exact) mass is 261 g/mol. The number of likely N-dealkylation sites (tertiary alicyclic amines) is 1. The lowest BCUT2D eigenvalue weighted by molar-refractivity contribution is -0.132. The van der Waals surface area contributed by atoms with Gasteiger partial charge in [-0.2, -0.15) is 0 Å². The van der Waals surface area contributed by atoms with Crippen molar-refractivity contribution in [1.29, 1.82) is 0 Å². The van der Waals surface area contributed by atoms with Gasteiger partial charge >= 0.3 is 0 Å². The zero-order valence-electron chi connectivity index (χ0n) is 9.35. The van der Waals surface area contributed by atoms with E-state index in [2.05, 4.69) is 29.8 Å². The molecule has 0 aromatic carbocycles. The lowest BCUT2D eigenvalue weighted by Crippen LogP contribution is -2.44. The standard InChI is InChI=1S/C11H20BrNO/c1-4-11(3)5-7-13(8-6-11)10(14)9(2)12/h9H,4-8H2,1-3H3. The molecule has 3 heteroatoms. The number of alkyl halides is 1. The van der Waals surface area contributed by atoms with Gasteiger partial charge in [0.25, 0.3) is 0 Å². The number of halogens is 1. The van der Waals surface area contributed by atoms with E-state index in [1.807, 2.05) is 11.8 Å². The second-order valence-electron chi connectivity index (χ2n) is 4.61. The summed E-state index contributed by atoms with van der Waals surface area (Å²) in [6.07, 6.45) is 3.52. The summed E-state index contributed by atoms with van der Waals surface area (Å²) in [7, 11) is 0. The van der Waals surface area contributed by atoms with Crippen molar-refractivity contribution in [3.63, 3.8) is 0 Å². The number of carbonyl (C=O) groups excluding carboxylic acids is 1. The van der Waals surface area contributed by atoms with Crippen LogP contribution in [0.3, 0.4) is 0 Å². The van der Waals surface area contributed by atoms with Crippen LogP contribution < -0.4 is 0 Å². The summed E-state index contributed by atoms with van der Waals surface area (Å²) in [5.74, 6) is 0.239. The van der Waals surface area contributed by atoms with Crippen LogP contribution in [0.5, 0.6) is 0 Å². The molecule has 2 nitrogen and oxygen atoms in total. The Morgan fingerprint density at radius 3 is 2.36 bits per heavy atom. The Balaban J connectivity index is 2.47. The van der Waals surface area contributed by atoms with Gasteiger partial charge in [-0.1, -0.05) is 36.2 Å². The second-order valence-corrected chi connectivity index (χ2v) is 5.98. The zero-order chi connectivity index (χ0) is 10.8. The highest BCUT2D eigenvalue weighted by Crippen LogP contribution is 2.34. The molecule has 1 aliphatic heterocycles. The lowest BCUT2D eigenvalue weighted by Gasteiger charge is -2.39. The summed E-state index contributed by atoms with van der Waals surface area (Å²) < 4.78 is 0. The van der Waals surface area contributed by atoms with E-state index in [0.29, 0.717) is 5.41 Å². The van der Waals surface area contributed by atoms with E-state index in [4.69, 9.17) is 0 Å². The molecule has 1 amide bonds. The first-order valence-electron chi connectivity index (χ1n) is 5.41. The quantitative estimate of drug-likeness (QED) is 0.701. The predicted octanol–water partition coefficient (Wildman–Crippen LogP) is 2.81. The molecule has 0 aliphatic carbocycles. The molecule has 0 aromatic heterocycles. The maximum atomic E-state index is 11.7. The van der Waals surface area contributed by atoms with Gasteiger partial charge in [0.15, 0.2) is 0 Å². The molecule has 0 spiro atoms. The first kappa shape index (κ1) is 12.0. The third-order valence-corrected chi connectivity index (χ3v) is 3.87. The smallest absolute Gasteiger partial charge is 0.236 e. The molecular formula is C11H20BrNO. The average Bonchev–Trinajstić information content (AvgIpc) is 2.18. The number of carbonyl (C=O) groups is 1. The molecule has 1 heterocycles. The van der Waals surface area contributed by atoms with Gasteiger partial charge in [-0.25, -0.2) is 0 Å². The highest BCUT2D eigenvalue weighted by atomic mass is 79.9. The topological polar surface area (TPSA) is 20.3 Å². The Labute approximate surface area is 95.2 Å². The molecule has 0 N–H and O–H groups in total. The van der Waals surface area contributed by atoms with Crippen LogP contribution >= 0.6 is 15.9 Å². The van der Waals surface area contributed by atoms with E-state index < -0.39 is 0 Å². The number of rotatable bonds is 2. The summed E-state index contributed by atoms with van der Waals surface area (Å²) in [4.78, 5) is 13.6. The molecule has 1 aliphatic rings. The molecule has 1 rings (SSSR count). The van der Waals surface area contributed by atoms with Crippen molar-refractivity contribution in [1.82, 2.24) is 4.90 Å². The maximum Gasteiger partial charge on any atom is 0.236 e. The first-order chi connectivity index (χ1) is 6.48. The van der Waals surface area contributed by atoms with Gasteiger partial charge < -0.3 is 4.90 Å². The van der Waals surface area contributed by atoms with Gasteiger partial charge in [-0.15, -0.1) is 0 Å². The van der Waals surface area contributed by atoms with Gasteiger partial charge in [-0.05, 0) is 25.2 Å². The van der Waals surface area contributed by atoms with Crippen molar-refractivity contribution >= 4 is 21.8 Å². The summed E-state index contributed by atoms with van der Waals surface area (Å²) in [6, 6.07) is 0. The summed E-state index contributed by atoms with van der Waals surface area (Å²) in [5.41, 5.74) is 0.465. The fourth-order valence-corrected chi connectivity index (χ4v) is 2.16. The third-order valence-electron chi connectivity index (χ3n) is 3.48. The largest absolute Gasteiger partial charge is 0.342 e. The van der Waals surface area contributed by atoms with Crippen LogP contribution in [-0.4, -0.2) is 28.7 Å². The molecule has 0 saturated carbocycles. The van der Waals surface area contributed by atoms with Gasteiger partial charge in [0.2, 0.25) is 5.91 Å². The van der Waals surface area contributed by atoms with Crippen LogP contribution in [0.2, 0.25) is 0 Å². The van der Waals surface area contributed by atoms with Crippen LogP contribution in [0.15, 0.2) is 0 Å². The molecule has 0 radical (unpaired) electrons. The van der Waals surface area contributed by atoms with E-state index in [-0.39, 0.29) is 10.7 Å². The van der Waals surface area contributed by atoms with Crippen molar-refractivity contribution < 1.29 is 4.79 Å². The lowest BCUT2D eigenvalue weighted by atomic mass is 9.78. The number of nitrogens with zero attached hydrogens (tertiary/aromatic N) is 1. The molecule has 14 heavy (non-hydrogen) atoms. The van der Waals surface area contributed by atoms with E-state index in [9.17, 15) is 4.79 Å². The predicted molar refractivity (Wildman–Crippen MR) is 62.6 cm³/mol. The highest BCUT2D eigenvalue weighted by Gasteiger charge is 2.31. The summed E-state index contributed by atoms with van der Waals surface area (Å²) >= 11 is 3.33. The van der Waals surface area contributed by atoms with Crippen LogP contribution in [0.25, 0.3) is 0 Å². The summed E-state index contributed by atoms with van der Waals surface area (Å²) in [6.45, 7) is 8.32. The van der Waals surface area contributed by atoms with E-state index in [1.54, 1.807) is 0 Å². The molecule has 1 unspecified atom stereocenters. The molecule has 0 aromatic rings. The van der Waals surface area contributed by atoms with Crippen LogP contribution in [0, 0.1) is 5.41 Å². The Morgan fingerprint density at radius 2 is 2.00 bits per heavy atom. The second kappa shape index (κ2) is 4.65. The Hall–Kier alpha value is -0.0500. The molecule has 1 atom stereocenters. The number of amides is 1. The van der Waals surface area contributed by atoms with Crippen LogP contribution in [-0.2, 0) is 4.79 Å². The van der Waals surface area contributed by atoms with Gasteiger partial charge in [0, 0.05) is 13.1 Å². The third kappa shape index (κ3) is 2.72. The van der Waals surface area contributed by atoms with Gasteiger partial charge in [-0.3, -0.25) is 4.79 Å². The number of hydrogen-bond acceptors (Lipinski definition) is 1. The normalized spacial score (nSPS) is 23.3. The molecule has 1 fully saturated rings. The number of piperidine rings is 1. The van der Waals surface area contributed by atoms with E-state index >= 15 is 0 Å². The fraction of sp³-hybridized carbons (Fsp3) is 0.909. The van der Waals surface area contributed by atoms with Crippen molar-refractivity contribution in [3.8, 4) is 0 Å². The Morgan fingerprint density at radius 1 is 1.50 bits per heavy atom. The summed E-state index contributed by atoms with van der Waals surface area (Å²) in [5, 5.41) is 0. The minimum atomic E-state index is -0.0338. The van der Waals surface area contributed by atoms with Crippen molar-refractivity contribution in [2.75, 3.05) is 13.1 Å². The Bertz CT molecular complexity index is 207. The van der Waals surface area contributed by atoms with Crippen molar-refractivity contribution in [2.45, 2.75) is 44.9 Å². The highest BCUT2D eigenvalue weighted by molar-refractivity contribution is 9.10.